The third-order valence-electron chi connectivity index (χ3n) is 1.79. The minimum absolute atomic E-state index is 0.281. The predicted molar refractivity (Wildman–Crippen MR) is 38.8 cm³/mol. The lowest BCUT2D eigenvalue weighted by Gasteiger charge is -2.32. The lowest BCUT2D eigenvalue weighted by atomic mass is 9.83. The first-order valence-corrected chi connectivity index (χ1v) is 3.83. The molecule has 0 spiro atoms. The molecule has 1 aliphatic rings. The molecule has 0 unspecified atom stereocenters. The number of carbonyl (C=O) groups is 1. The summed E-state index contributed by atoms with van der Waals surface area (Å²) in [6, 6.07) is 0. The molecule has 0 amide bonds. The lowest BCUT2D eigenvalue weighted by Crippen LogP contribution is -2.33. The zero-order chi connectivity index (χ0) is 7.56. The summed E-state index contributed by atoms with van der Waals surface area (Å²) in [7, 11) is 0. The molecule has 0 radical (unpaired) electrons. The first kappa shape index (κ1) is 7.73. The molecule has 0 aromatic heterocycles. The van der Waals surface area contributed by atoms with Crippen LogP contribution in [0.2, 0.25) is 0 Å². The topological polar surface area (TPSA) is 26.3 Å². The van der Waals surface area contributed by atoms with Crippen LogP contribution in [0.3, 0.4) is 0 Å². The minimum atomic E-state index is 0.281. The average molecular weight is 142 g/mol. The average Bonchev–Trinajstić information content (AvgIpc) is 1.76. The van der Waals surface area contributed by atoms with Gasteiger partial charge in [0.1, 0.15) is 6.29 Å². The molecule has 0 aliphatic heterocycles. The Bertz CT molecular complexity index is 114. The molecular formula is C8H14O2. The SMILES string of the molecule is CC(C)OC1CC(C=O)C1. The Hall–Kier alpha value is -0.370. The van der Waals surface area contributed by atoms with Crippen molar-refractivity contribution in [3.63, 3.8) is 0 Å². The van der Waals surface area contributed by atoms with Gasteiger partial charge in [-0.25, -0.2) is 0 Å². The number of aldehydes is 1. The Morgan fingerprint density at radius 2 is 2.10 bits per heavy atom. The van der Waals surface area contributed by atoms with Crippen LogP contribution in [0, 0.1) is 5.92 Å². The van der Waals surface area contributed by atoms with Crippen LogP contribution in [0.4, 0.5) is 0 Å². The van der Waals surface area contributed by atoms with Crippen molar-refractivity contribution in [2.24, 2.45) is 5.92 Å². The minimum Gasteiger partial charge on any atom is -0.376 e. The molecule has 0 saturated heterocycles. The van der Waals surface area contributed by atoms with Crippen LogP contribution in [0.15, 0.2) is 0 Å². The summed E-state index contributed by atoms with van der Waals surface area (Å²) < 4.78 is 5.46. The molecule has 10 heavy (non-hydrogen) atoms. The monoisotopic (exact) mass is 142 g/mol. The van der Waals surface area contributed by atoms with E-state index in [4.69, 9.17) is 4.74 Å². The molecule has 1 rings (SSSR count). The van der Waals surface area contributed by atoms with Crippen molar-refractivity contribution in [2.45, 2.75) is 38.9 Å². The molecule has 0 N–H and O–H groups in total. The number of carbonyl (C=O) groups excluding carboxylic acids is 1. The second kappa shape index (κ2) is 3.15. The second-order valence-corrected chi connectivity index (χ2v) is 3.17. The summed E-state index contributed by atoms with van der Waals surface area (Å²) in [5.74, 6) is 0.281. The highest BCUT2D eigenvalue weighted by Gasteiger charge is 2.29. The van der Waals surface area contributed by atoms with E-state index in [0.29, 0.717) is 12.2 Å². The molecular weight excluding hydrogens is 128 g/mol. The summed E-state index contributed by atoms with van der Waals surface area (Å²) in [5, 5.41) is 0. The van der Waals surface area contributed by atoms with Crippen molar-refractivity contribution in [3.8, 4) is 0 Å². The lowest BCUT2D eigenvalue weighted by molar-refractivity contribution is -0.122. The van der Waals surface area contributed by atoms with Crippen molar-refractivity contribution < 1.29 is 9.53 Å². The maximum Gasteiger partial charge on any atom is 0.123 e. The number of hydrogen-bond donors (Lipinski definition) is 0. The third kappa shape index (κ3) is 1.81. The fraction of sp³-hybridized carbons (Fsp3) is 0.875. The fourth-order valence-electron chi connectivity index (χ4n) is 1.21. The van der Waals surface area contributed by atoms with Gasteiger partial charge < -0.3 is 9.53 Å². The Balaban J connectivity index is 2.08. The standard InChI is InChI=1S/C8H14O2/c1-6(2)10-8-3-7(4-8)5-9/h5-8H,3-4H2,1-2H3. The van der Waals surface area contributed by atoms with Crippen LogP contribution in [0.5, 0.6) is 0 Å². The van der Waals surface area contributed by atoms with Gasteiger partial charge >= 0.3 is 0 Å². The van der Waals surface area contributed by atoms with Crippen molar-refractivity contribution in [2.75, 3.05) is 0 Å². The van der Waals surface area contributed by atoms with Gasteiger partial charge in [-0.2, -0.15) is 0 Å². The van der Waals surface area contributed by atoms with Crippen molar-refractivity contribution >= 4 is 6.29 Å². The largest absolute Gasteiger partial charge is 0.376 e. The normalized spacial score (nSPS) is 31.9. The summed E-state index contributed by atoms with van der Waals surface area (Å²) in [4.78, 5) is 10.2. The highest BCUT2D eigenvalue weighted by atomic mass is 16.5. The summed E-state index contributed by atoms with van der Waals surface area (Å²) >= 11 is 0. The van der Waals surface area contributed by atoms with Crippen molar-refractivity contribution in [1.29, 1.82) is 0 Å². The van der Waals surface area contributed by atoms with Gasteiger partial charge in [-0.3, -0.25) is 0 Å². The van der Waals surface area contributed by atoms with Crippen molar-refractivity contribution in [1.82, 2.24) is 0 Å². The van der Waals surface area contributed by atoms with Gasteiger partial charge in [0.15, 0.2) is 0 Å². The molecule has 0 aromatic carbocycles. The van der Waals surface area contributed by atoms with Gasteiger partial charge in [0, 0.05) is 5.92 Å². The zero-order valence-corrected chi connectivity index (χ0v) is 6.54. The van der Waals surface area contributed by atoms with Gasteiger partial charge in [-0.15, -0.1) is 0 Å². The predicted octanol–water partition coefficient (Wildman–Crippen LogP) is 1.39. The Morgan fingerprint density at radius 1 is 1.50 bits per heavy atom. The van der Waals surface area contributed by atoms with Crippen LogP contribution in [-0.4, -0.2) is 18.5 Å². The molecule has 0 heterocycles. The van der Waals surface area contributed by atoms with E-state index >= 15 is 0 Å². The molecule has 0 atom stereocenters. The fourth-order valence-corrected chi connectivity index (χ4v) is 1.21. The van der Waals surface area contributed by atoms with Gasteiger partial charge in [0.2, 0.25) is 0 Å². The van der Waals surface area contributed by atoms with E-state index in [2.05, 4.69) is 0 Å². The molecule has 0 aromatic rings. The molecule has 2 heteroatoms. The van der Waals surface area contributed by atoms with E-state index in [1.807, 2.05) is 13.8 Å². The molecule has 2 nitrogen and oxygen atoms in total. The Labute approximate surface area is 61.6 Å². The van der Waals surface area contributed by atoms with Gasteiger partial charge in [-0.05, 0) is 26.7 Å². The number of hydrogen-bond acceptors (Lipinski definition) is 2. The van der Waals surface area contributed by atoms with E-state index in [9.17, 15) is 4.79 Å². The van der Waals surface area contributed by atoms with E-state index in [1.54, 1.807) is 0 Å². The van der Waals surface area contributed by atoms with Gasteiger partial charge in [-0.1, -0.05) is 0 Å². The Morgan fingerprint density at radius 3 is 2.50 bits per heavy atom. The summed E-state index contributed by atoms with van der Waals surface area (Å²) in [6.45, 7) is 4.04. The van der Waals surface area contributed by atoms with E-state index in [0.717, 1.165) is 19.1 Å². The molecule has 0 bridgehead atoms. The summed E-state index contributed by atoms with van der Waals surface area (Å²) in [5.41, 5.74) is 0. The van der Waals surface area contributed by atoms with E-state index < -0.39 is 0 Å². The quantitative estimate of drug-likeness (QED) is 0.556. The summed E-state index contributed by atoms with van der Waals surface area (Å²) in [6.07, 6.45) is 3.55. The van der Waals surface area contributed by atoms with E-state index in [1.165, 1.54) is 0 Å². The Kier molecular flexibility index (Phi) is 2.44. The van der Waals surface area contributed by atoms with Crippen LogP contribution in [-0.2, 0) is 9.53 Å². The molecule has 1 aliphatic carbocycles. The first-order valence-electron chi connectivity index (χ1n) is 3.83. The maximum absolute atomic E-state index is 10.2. The van der Waals surface area contributed by atoms with Crippen molar-refractivity contribution in [3.05, 3.63) is 0 Å². The molecule has 58 valence electrons. The molecule has 1 fully saturated rings. The van der Waals surface area contributed by atoms with Crippen LogP contribution < -0.4 is 0 Å². The second-order valence-electron chi connectivity index (χ2n) is 3.17. The first-order chi connectivity index (χ1) is 4.72. The number of rotatable bonds is 3. The third-order valence-corrected chi connectivity index (χ3v) is 1.79. The molecule has 1 saturated carbocycles. The number of ether oxygens (including phenoxy) is 1. The van der Waals surface area contributed by atoms with Crippen LogP contribution >= 0.6 is 0 Å². The van der Waals surface area contributed by atoms with Gasteiger partial charge in [0.05, 0.1) is 12.2 Å². The van der Waals surface area contributed by atoms with Crippen LogP contribution in [0.1, 0.15) is 26.7 Å². The highest BCUT2D eigenvalue weighted by molar-refractivity contribution is 5.55. The zero-order valence-electron chi connectivity index (χ0n) is 6.54. The smallest absolute Gasteiger partial charge is 0.123 e. The highest BCUT2D eigenvalue weighted by Crippen LogP contribution is 2.28. The van der Waals surface area contributed by atoms with Crippen LogP contribution in [0.25, 0.3) is 0 Å². The van der Waals surface area contributed by atoms with Gasteiger partial charge in [0.25, 0.3) is 0 Å². The maximum atomic E-state index is 10.2. The van der Waals surface area contributed by atoms with E-state index in [-0.39, 0.29) is 5.92 Å².